The largest absolute Gasteiger partial charge is 0.314 e. The molecule has 1 aromatic carbocycles. The lowest BCUT2D eigenvalue weighted by Crippen LogP contribution is -2.45. The predicted molar refractivity (Wildman–Crippen MR) is 76.1 cm³/mol. The van der Waals surface area contributed by atoms with Gasteiger partial charge in [0.05, 0.1) is 0 Å². The van der Waals surface area contributed by atoms with Gasteiger partial charge in [0.1, 0.15) is 5.82 Å². The van der Waals surface area contributed by atoms with Gasteiger partial charge >= 0.3 is 0 Å². The topological polar surface area (TPSA) is 15.3 Å². The number of benzene rings is 1. The van der Waals surface area contributed by atoms with Gasteiger partial charge in [-0.15, -0.1) is 12.4 Å². The number of nitrogens with zero attached hydrogens (tertiary/aromatic N) is 1. The zero-order valence-electron chi connectivity index (χ0n) is 10.5. The van der Waals surface area contributed by atoms with Crippen molar-refractivity contribution in [3.8, 4) is 0 Å². The van der Waals surface area contributed by atoms with E-state index in [-0.39, 0.29) is 24.3 Å². The summed E-state index contributed by atoms with van der Waals surface area (Å²) in [6.45, 7) is 6.08. The minimum absolute atomic E-state index is 0. The van der Waals surface area contributed by atoms with Gasteiger partial charge in [-0.05, 0) is 30.2 Å². The summed E-state index contributed by atoms with van der Waals surface area (Å²) in [4.78, 5) is 2.37. The summed E-state index contributed by atoms with van der Waals surface area (Å²) in [5.74, 6) is -0.210. The van der Waals surface area contributed by atoms with Crippen LogP contribution in [-0.2, 0) is 0 Å². The minimum Gasteiger partial charge on any atom is -0.314 e. The van der Waals surface area contributed by atoms with E-state index in [0.29, 0.717) is 5.02 Å². The van der Waals surface area contributed by atoms with Crippen molar-refractivity contribution < 1.29 is 4.39 Å². The molecule has 2 rings (SSSR count). The van der Waals surface area contributed by atoms with Crippen LogP contribution in [0, 0.1) is 5.82 Å². The molecule has 1 aliphatic rings. The Morgan fingerprint density at radius 1 is 1.39 bits per heavy atom. The fraction of sp³-hybridized carbons (Fsp3) is 0.538. The van der Waals surface area contributed by atoms with E-state index in [1.165, 1.54) is 6.07 Å². The highest BCUT2D eigenvalue weighted by Gasteiger charge is 2.22. The number of rotatable bonds is 3. The normalized spacial score (nSPS) is 18.2. The molecule has 1 N–H and O–H groups in total. The van der Waals surface area contributed by atoms with Crippen LogP contribution >= 0.6 is 24.0 Å². The summed E-state index contributed by atoms with van der Waals surface area (Å²) >= 11 is 6.18. The van der Waals surface area contributed by atoms with Gasteiger partial charge in [0.25, 0.3) is 0 Å². The van der Waals surface area contributed by atoms with Crippen LogP contribution in [0.5, 0.6) is 0 Å². The van der Waals surface area contributed by atoms with Crippen LogP contribution in [-0.4, -0.2) is 31.1 Å². The molecule has 102 valence electrons. The number of piperazine rings is 1. The summed E-state index contributed by atoms with van der Waals surface area (Å²) in [6.07, 6.45) is 0.948. The van der Waals surface area contributed by atoms with Crippen LogP contribution in [0.15, 0.2) is 18.2 Å². The lowest BCUT2D eigenvalue weighted by atomic mass is 10.0. The fourth-order valence-corrected chi connectivity index (χ4v) is 2.68. The molecular weight excluding hydrogens is 274 g/mol. The number of nitrogens with one attached hydrogen (secondary N) is 1. The molecule has 1 aromatic rings. The maximum Gasteiger partial charge on any atom is 0.123 e. The van der Waals surface area contributed by atoms with Gasteiger partial charge in [0, 0.05) is 37.2 Å². The number of halogens is 3. The molecule has 2 nitrogen and oxygen atoms in total. The van der Waals surface area contributed by atoms with Crippen LogP contribution in [0.25, 0.3) is 0 Å². The van der Waals surface area contributed by atoms with E-state index in [1.54, 1.807) is 12.1 Å². The van der Waals surface area contributed by atoms with Crippen LogP contribution < -0.4 is 5.32 Å². The highest BCUT2D eigenvalue weighted by Crippen LogP contribution is 2.30. The lowest BCUT2D eigenvalue weighted by molar-refractivity contribution is 0.169. The van der Waals surface area contributed by atoms with Crippen LogP contribution in [0.3, 0.4) is 0 Å². The molecule has 5 heteroatoms. The summed E-state index contributed by atoms with van der Waals surface area (Å²) in [5, 5.41) is 3.99. The van der Waals surface area contributed by atoms with Gasteiger partial charge in [0.15, 0.2) is 0 Å². The predicted octanol–water partition coefficient (Wildman–Crippen LogP) is 3.26. The minimum atomic E-state index is -0.210. The summed E-state index contributed by atoms with van der Waals surface area (Å²) in [6, 6.07) is 4.85. The Bertz CT molecular complexity index is 381. The van der Waals surface area contributed by atoms with Crippen molar-refractivity contribution in [1.82, 2.24) is 10.2 Å². The standard InChI is InChI=1S/C13H18ClFN2.ClH/c1-2-13(17-7-5-16-6-8-17)11-9-10(15)3-4-12(11)14;/h3-4,9,13,16H,2,5-8H2,1H3;1H/t13-;/m1./s1. The Labute approximate surface area is 119 Å². The van der Waals surface area contributed by atoms with Crippen molar-refractivity contribution in [2.24, 2.45) is 0 Å². The van der Waals surface area contributed by atoms with Crippen molar-refractivity contribution in [2.75, 3.05) is 26.2 Å². The monoisotopic (exact) mass is 292 g/mol. The molecule has 0 aromatic heterocycles. The van der Waals surface area contributed by atoms with Crippen molar-refractivity contribution in [3.63, 3.8) is 0 Å². The molecular formula is C13H19Cl2FN2. The van der Waals surface area contributed by atoms with E-state index < -0.39 is 0 Å². The molecule has 0 saturated carbocycles. The third kappa shape index (κ3) is 3.58. The Balaban J connectivity index is 0.00000162. The van der Waals surface area contributed by atoms with E-state index in [1.807, 2.05) is 0 Å². The molecule has 0 bridgehead atoms. The van der Waals surface area contributed by atoms with Gasteiger partial charge in [-0.3, -0.25) is 4.90 Å². The second kappa shape index (κ2) is 7.29. The molecule has 0 amide bonds. The first kappa shape index (κ1) is 15.7. The van der Waals surface area contributed by atoms with Gasteiger partial charge in [-0.1, -0.05) is 18.5 Å². The summed E-state index contributed by atoms with van der Waals surface area (Å²) in [7, 11) is 0. The molecule has 0 unspecified atom stereocenters. The average molecular weight is 293 g/mol. The van der Waals surface area contributed by atoms with Crippen molar-refractivity contribution in [1.29, 1.82) is 0 Å². The Kier molecular flexibility index (Phi) is 6.36. The molecule has 18 heavy (non-hydrogen) atoms. The van der Waals surface area contributed by atoms with Gasteiger partial charge in [-0.2, -0.15) is 0 Å². The van der Waals surface area contributed by atoms with Gasteiger partial charge in [0.2, 0.25) is 0 Å². The van der Waals surface area contributed by atoms with Gasteiger partial charge in [-0.25, -0.2) is 4.39 Å². The molecule has 0 spiro atoms. The Hall–Kier alpha value is -0.350. The quantitative estimate of drug-likeness (QED) is 0.920. The van der Waals surface area contributed by atoms with Crippen LogP contribution in [0.2, 0.25) is 5.02 Å². The van der Waals surface area contributed by atoms with E-state index in [2.05, 4.69) is 17.1 Å². The highest BCUT2D eigenvalue weighted by molar-refractivity contribution is 6.31. The summed E-state index contributed by atoms with van der Waals surface area (Å²) in [5.41, 5.74) is 0.913. The maximum absolute atomic E-state index is 13.3. The molecule has 1 atom stereocenters. The van der Waals surface area contributed by atoms with E-state index in [9.17, 15) is 4.39 Å². The molecule has 0 aliphatic carbocycles. The Morgan fingerprint density at radius 2 is 2.06 bits per heavy atom. The zero-order chi connectivity index (χ0) is 12.3. The number of hydrogen-bond donors (Lipinski definition) is 1. The first-order valence-corrected chi connectivity index (χ1v) is 6.50. The highest BCUT2D eigenvalue weighted by atomic mass is 35.5. The third-order valence-electron chi connectivity index (χ3n) is 3.30. The molecule has 0 radical (unpaired) electrons. The molecule has 1 aliphatic heterocycles. The molecule has 1 saturated heterocycles. The summed E-state index contributed by atoms with van der Waals surface area (Å²) < 4.78 is 13.3. The van der Waals surface area contributed by atoms with Crippen molar-refractivity contribution in [2.45, 2.75) is 19.4 Å². The first-order valence-electron chi connectivity index (χ1n) is 6.12. The lowest BCUT2D eigenvalue weighted by Gasteiger charge is -2.35. The van der Waals surface area contributed by atoms with Crippen LogP contribution in [0.4, 0.5) is 4.39 Å². The van der Waals surface area contributed by atoms with E-state index >= 15 is 0 Å². The molecule has 1 heterocycles. The maximum atomic E-state index is 13.3. The van der Waals surface area contributed by atoms with Crippen molar-refractivity contribution >= 4 is 24.0 Å². The SMILES string of the molecule is CC[C@H](c1cc(F)ccc1Cl)N1CCNCC1.Cl. The smallest absolute Gasteiger partial charge is 0.123 e. The van der Waals surface area contributed by atoms with E-state index in [0.717, 1.165) is 38.2 Å². The molecule has 1 fully saturated rings. The van der Waals surface area contributed by atoms with Crippen LogP contribution in [0.1, 0.15) is 24.9 Å². The van der Waals surface area contributed by atoms with E-state index in [4.69, 9.17) is 11.6 Å². The second-order valence-electron chi connectivity index (χ2n) is 4.38. The second-order valence-corrected chi connectivity index (χ2v) is 4.78. The Morgan fingerprint density at radius 3 is 2.67 bits per heavy atom. The zero-order valence-corrected chi connectivity index (χ0v) is 12.0. The van der Waals surface area contributed by atoms with Crippen molar-refractivity contribution in [3.05, 3.63) is 34.6 Å². The third-order valence-corrected chi connectivity index (χ3v) is 3.64. The van der Waals surface area contributed by atoms with Gasteiger partial charge < -0.3 is 5.32 Å². The first-order chi connectivity index (χ1) is 8.22. The fourth-order valence-electron chi connectivity index (χ4n) is 2.44. The average Bonchev–Trinajstić information content (AvgIpc) is 2.36. The number of hydrogen-bond acceptors (Lipinski definition) is 2.